The fourth-order valence-corrected chi connectivity index (χ4v) is 3.32. The van der Waals surface area contributed by atoms with Gasteiger partial charge in [-0.1, -0.05) is 42.5 Å². The van der Waals surface area contributed by atoms with Crippen molar-refractivity contribution in [2.24, 2.45) is 0 Å². The standard InChI is InChI=1S/C18H19N3O.C2HF3O2/c22-18-20-10-9-19-12-17(20)13-21(18)16-8-4-7-15(11-16)14-5-2-1-3-6-14;3-2(4,5)1(6)7/h1-8,11,17,19H,9-10,12-13H2;(H,6,7). The number of carboxylic acids is 1. The van der Waals surface area contributed by atoms with E-state index >= 15 is 0 Å². The Hall–Kier alpha value is -3.07. The largest absolute Gasteiger partial charge is 0.490 e. The third-order valence-corrected chi connectivity index (χ3v) is 4.73. The molecule has 2 aromatic carbocycles. The summed E-state index contributed by atoms with van der Waals surface area (Å²) in [7, 11) is 0. The van der Waals surface area contributed by atoms with E-state index in [0.717, 1.165) is 37.4 Å². The van der Waals surface area contributed by atoms with Crippen molar-refractivity contribution >= 4 is 17.7 Å². The molecule has 2 N–H and O–H groups in total. The number of carboxylic acid groups (broad SMARTS) is 1. The summed E-state index contributed by atoms with van der Waals surface area (Å²) < 4.78 is 31.7. The molecule has 2 aliphatic heterocycles. The van der Waals surface area contributed by atoms with Gasteiger partial charge in [-0.2, -0.15) is 13.2 Å². The first kappa shape index (κ1) is 20.7. The minimum absolute atomic E-state index is 0.136. The highest BCUT2D eigenvalue weighted by Gasteiger charge is 2.39. The van der Waals surface area contributed by atoms with E-state index in [0.29, 0.717) is 6.04 Å². The molecule has 6 nitrogen and oxygen atoms in total. The maximum absolute atomic E-state index is 12.6. The number of urea groups is 1. The van der Waals surface area contributed by atoms with E-state index in [2.05, 4.69) is 29.6 Å². The van der Waals surface area contributed by atoms with Crippen molar-refractivity contribution in [3.8, 4) is 11.1 Å². The lowest BCUT2D eigenvalue weighted by atomic mass is 10.1. The second-order valence-corrected chi connectivity index (χ2v) is 6.66. The Labute approximate surface area is 165 Å². The maximum atomic E-state index is 12.6. The molecular formula is C20H20F3N3O3. The number of nitrogens with one attached hydrogen (secondary N) is 1. The minimum atomic E-state index is -5.08. The first-order chi connectivity index (χ1) is 13.8. The van der Waals surface area contributed by atoms with Crippen LogP contribution in [0.4, 0.5) is 23.7 Å². The van der Waals surface area contributed by atoms with E-state index in [9.17, 15) is 18.0 Å². The molecule has 2 aromatic rings. The smallest absolute Gasteiger partial charge is 0.475 e. The van der Waals surface area contributed by atoms with Gasteiger partial charge in [-0.25, -0.2) is 9.59 Å². The van der Waals surface area contributed by atoms with Gasteiger partial charge in [0.1, 0.15) is 0 Å². The highest BCUT2D eigenvalue weighted by atomic mass is 19.4. The van der Waals surface area contributed by atoms with Crippen LogP contribution in [0.5, 0.6) is 0 Å². The zero-order chi connectivity index (χ0) is 21.0. The molecule has 1 unspecified atom stereocenters. The lowest BCUT2D eigenvalue weighted by molar-refractivity contribution is -0.192. The maximum Gasteiger partial charge on any atom is 0.490 e. The van der Waals surface area contributed by atoms with Crippen LogP contribution >= 0.6 is 0 Å². The van der Waals surface area contributed by atoms with Gasteiger partial charge in [-0.15, -0.1) is 0 Å². The van der Waals surface area contributed by atoms with E-state index in [1.807, 2.05) is 40.1 Å². The van der Waals surface area contributed by atoms with Crippen molar-refractivity contribution in [2.75, 3.05) is 31.1 Å². The highest BCUT2D eigenvalue weighted by molar-refractivity contribution is 5.95. The third kappa shape index (κ3) is 4.86. The number of hydrogen-bond acceptors (Lipinski definition) is 3. The number of nitrogens with zero attached hydrogens (tertiary/aromatic N) is 2. The minimum Gasteiger partial charge on any atom is -0.475 e. The van der Waals surface area contributed by atoms with Gasteiger partial charge in [0.05, 0.1) is 6.04 Å². The molecule has 0 bridgehead atoms. The van der Waals surface area contributed by atoms with Crippen molar-refractivity contribution in [1.29, 1.82) is 0 Å². The van der Waals surface area contributed by atoms with Crippen LogP contribution in [-0.2, 0) is 4.79 Å². The molecule has 4 rings (SSSR count). The molecule has 0 aliphatic carbocycles. The van der Waals surface area contributed by atoms with Crippen LogP contribution in [0.25, 0.3) is 11.1 Å². The summed E-state index contributed by atoms with van der Waals surface area (Å²) in [6.45, 7) is 3.35. The van der Waals surface area contributed by atoms with Crippen molar-refractivity contribution in [1.82, 2.24) is 10.2 Å². The molecule has 0 saturated carbocycles. The van der Waals surface area contributed by atoms with E-state index in [4.69, 9.17) is 9.90 Å². The fourth-order valence-electron chi connectivity index (χ4n) is 3.32. The number of carbonyl (C=O) groups excluding carboxylic acids is 1. The highest BCUT2D eigenvalue weighted by Crippen LogP contribution is 2.29. The van der Waals surface area contributed by atoms with E-state index in [-0.39, 0.29) is 6.03 Å². The molecule has 2 saturated heterocycles. The first-order valence-corrected chi connectivity index (χ1v) is 9.02. The molecule has 0 spiro atoms. The Bertz CT molecular complexity index is 874. The molecule has 1 atom stereocenters. The second kappa shape index (κ2) is 8.52. The number of amides is 2. The van der Waals surface area contributed by atoms with E-state index < -0.39 is 12.1 Å². The van der Waals surface area contributed by atoms with Crippen LogP contribution in [0.1, 0.15) is 0 Å². The predicted molar refractivity (Wildman–Crippen MR) is 102 cm³/mol. The summed E-state index contributed by atoms with van der Waals surface area (Å²) in [5.41, 5.74) is 3.31. The third-order valence-electron chi connectivity index (χ3n) is 4.73. The molecule has 9 heteroatoms. The van der Waals surface area contributed by atoms with Gasteiger partial charge in [-0.3, -0.25) is 4.90 Å². The number of benzene rings is 2. The summed E-state index contributed by atoms with van der Waals surface area (Å²) in [5.74, 6) is -2.76. The lowest BCUT2D eigenvalue weighted by Crippen LogP contribution is -2.49. The zero-order valence-electron chi connectivity index (χ0n) is 15.4. The Kier molecular flexibility index (Phi) is 6.07. The summed E-state index contributed by atoms with van der Waals surface area (Å²) in [6, 6.07) is 19.0. The van der Waals surface area contributed by atoms with Crippen LogP contribution < -0.4 is 10.2 Å². The molecule has 154 valence electrons. The van der Waals surface area contributed by atoms with Crippen LogP contribution in [-0.4, -0.2) is 60.4 Å². The number of aliphatic carboxylic acids is 1. The van der Waals surface area contributed by atoms with Gasteiger partial charge >= 0.3 is 18.2 Å². The number of rotatable bonds is 2. The number of hydrogen-bond donors (Lipinski definition) is 2. The van der Waals surface area contributed by atoms with Crippen LogP contribution in [0.3, 0.4) is 0 Å². The SMILES string of the molecule is O=C(O)C(F)(F)F.O=C1N(c2cccc(-c3ccccc3)c2)CC2CNCCN12. The van der Waals surface area contributed by atoms with Gasteiger partial charge in [-0.05, 0) is 23.3 Å². The summed E-state index contributed by atoms with van der Waals surface area (Å²) in [5, 5.41) is 10.5. The predicted octanol–water partition coefficient (Wildman–Crippen LogP) is 3.20. The van der Waals surface area contributed by atoms with Crippen molar-refractivity contribution in [2.45, 2.75) is 12.2 Å². The Morgan fingerprint density at radius 2 is 1.72 bits per heavy atom. The van der Waals surface area contributed by atoms with Crippen LogP contribution in [0.15, 0.2) is 54.6 Å². The zero-order valence-corrected chi connectivity index (χ0v) is 15.4. The number of fused-ring (bicyclic) bond motifs is 1. The molecule has 0 radical (unpaired) electrons. The lowest BCUT2D eigenvalue weighted by Gasteiger charge is -2.28. The topological polar surface area (TPSA) is 72.9 Å². The number of alkyl halides is 3. The monoisotopic (exact) mass is 407 g/mol. The average molecular weight is 407 g/mol. The van der Waals surface area contributed by atoms with Crippen molar-refractivity contribution in [3.05, 3.63) is 54.6 Å². The fraction of sp³-hybridized carbons (Fsp3) is 0.300. The van der Waals surface area contributed by atoms with Gasteiger partial charge in [0.25, 0.3) is 0 Å². The van der Waals surface area contributed by atoms with Crippen LogP contribution in [0, 0.1) is 0 Å². The van der Waals surface area contributed by atoms with Gasteiger partial charge in [0.15, 0.2) is 0 Å². The summed E-state index contributed by atoms with van der Waals surface area (Å²) in [4.78, 5) is 25.4. The Morgan fingerprint density at radius 3 is 2.34 bits per heavy atom. The summed E-state index contributed by atoms with van der Waals surface area (Å²) >= 11 is 0. The number of halogens is 3. The number of carbonyl (C=O) groups is 2. The quantitative estimate of drug-likeness (QED) is 0.802. The molecule has 0 aromatic heterocycles. The van der Waals surface area contributed by atoms with Gasteiger partial charge in [0, 0.05) is 31.9 Å². The molecule has 2 heterocycles. The Morgan fingerprint density at radius 1 is 1.07 bits per heavy atom. The molecular weight excluding hydrogens is 387 g/mol. The van der Waals surface area contributed by atoms with Crippen molar-refractivity contribution < 1.29 is 27.9 Å². The summed E-state index contributed by atoms with van der Waals surface area (Å²) in [6.07, 6.45) is -5.08. The van der Waals surface area contributed by atoms with Crippen molar-refractivity contribution in [3.63, 3.8) is 0 Å². The number of piperazine rings is 1. The van der Waals surface area contributed by atoms with Gasteiger partial charge in [0.2, 0.25) is 0 Å². The Balaban J connectivity index is 0.000000298. The molecule has 2 fully saturated rings. The number of anilines is 1. The molecule has 29 heavy (non-hydrogen) atoms. The second-order valence-electron chi connectivity index (χ2n) is 6.66. The van der Waals surface area contributed by atoms with Gasteiger partial charge < -0.3 is 15.3 Å². The van der Waals surface area contributed by atoms with Crippen LogP contribution in [0.2, 0.25) is 0 Å². The molecule has 2 amide bonds. The van der Waals surface area contributed by atoms with E-state index in [1.54, 1.807) is 0 Å². The molecule has 2 aliphatic rings. The average Bonchev–Trinajstić information content (AvgIpc) is 3.05. The normalized spacial score (nSPS) is 18.7. The van der Waals surface area contributed by atoms with E-state index in [1.165, 1.54) is 5.56 Å². The first-order valence-electron chi connectivity index (χ1n) is 9.02.